The maximum absolute atomic E-state index is 13.5. The third kappa shape index (κ3) is 6.03. The molecule has 0 saturated heterocycles. The van der Waals surface area contributed by atoms with Gasteiger partial charge in [-0.1, -0.05) is 17.7 Å². The molecule has 0 saturated carbocycles. The van der Waals surface area contributed by atoms with Crippen molar-refractivity contribution in [2.45, 2.75) is 20.0 Å². The first-order valence-electron chi connectivity index (χ1n) is 7.92. The fourth-order valence-corrected chi connectivity index (χ4v) is 2.14. The van der Waals surface area contributed by atoms with Crippen molar-refractivity contribution < 1.29 is 23.5 Å². The number of nitrogens with zero attached hydrogens (tertiary/aromatic N) is 1. The number of nitrogens with one attached hydrogen (secondary N) is 2. The van der Waals surface area contributed by atoms with Gasteiger partial charge >= 0.3 is 5.97 Å². The van der Waals surface area contributed by atoms with Crippen molar-refractivity contribution in [1.82, 2.24) is 10.3 Å². The second kappa shape index (κ2) is 9.09. The van der Waals surface area contributed by atoms with Crippen molar-refractivity contribution in [3.05, 3.63) is 58.6 Å². The van der Waals surface area contributed by atoms with Crippen LogP contribution in [0.4, 0.5) is 10.1 Å². The Kier molecular flexibility index (Phi) is 6.84. The molecule has 27 heavy (non-hydrogen) atoms. The van der Waals surface area contributed by atoms with E-state index in [-0.39, 0.29) is 11.4 Å². The number of amides is 2. The zero-order chi connectivity index (χ0) is 20.0. The molecule has 0 aliphatic carbocycles. The molecule has 1 heterocycles. The molecule has 0 aliphatic rings. The molecule has 2 N–H and O–H groups in total. The Morgan fingerprint density at radius 3 is 2.67 bits per heavy atom. The number of carbonyl (C=O) groups excluding carboxylic acids is 3. The molecule has 2 rings (SSSR count). The lowest BCUT2D eigenvalue weighted by atomic mass is 10.2. The van der Waals surface area contributed by atoms with Crippen LogP contribution in [0.5, 0.6) is 0 Å². The smallest absolute Gasteiger partial charge is 0.326 e. The zero-order valence-electron chi connectivity index (χ0n) is 14.6. The number of rotatable bonds is 6. The summed E-state index contributed by atoms with van der Waals surface area (Å²) in [6.07, 6.45) is 0.221. The van der Waals surface area contributed by atoms with Crippen LogP contribution in [-0.2, 0) is 14.3 Å². The third-order valence-electron chi connectivity index (χ3n) is 3.46. The van der Waals surface area contributed by atoms with E-state index in [1.165, 1.54) is 43.5 Å². The molecule has 0 fully saturated rings. The van der Waals surface area contributed by atoms with Gasteiger partial charge in [-0.05, 0) is 43.7 Å². The molecule has 7 nitrogen and oxygen atoms in total. The van der Waals surface area contributed by atoms with Crippen LogP contribution in [0.15, 0.2) is 36.5 Å². The molecular formula is C18H17ClFN3O4. The highest BCUT2D eigenvalue weighted by atomic mass is 35.5. The molecule has 142 valence electrons. The van der Waals surface area contributed by atoms with Crippen LogP contribution in [0.1, 0.15) is 23.0 Å². The molecule has 2 aromatic rings. The number of benzene rings is 1. The third-order valence-corrected chi connectivity index (χ3v) is 3.70. The van der Waals surface area contributed by atoms with Crippen molar-refractivity contribution >= 4 is 35.1 Å². The number of pyridine rings is 1. The number of carbonyl (C=O) groups is 3. The van der Waals surface area contributed by atoms with Gasteiger partial charge in [0, 0.05) is 16.9 Å². The molecule has 9 heteroatoms. The molecule has 0 radical (unpaired) electrons. The maximum Gasteiger partial charge on any atom is 0.326 e. The Labute approximate surface area is 159 Å². The number of esters is 1. The topological polar surface area (TPSA) is 97.4 Å². The van der Waals surface area contributed by atoms with Gasteiger partial charge in [-0.15, -0.1) is 0 Å². The van der Waals surface area contributed by atoms with E-state index in [1.54, 1.807) is 6.92 Å². The molecule has 1 aromatic heterocycles. The summed E-state index contributed by atoms with van der Waals surface area (Å²) in [4.78, 5) is 39.5. The van der Waals surface area contributed by atoms with Crippen LogP contribution in [0, 0.1) is 12.7 Å². The summed E-state index contributed by atoms with van der Waals surface area (Å²) in [5.41, 5.74) is 0.728. The van der Waals surface area contributed by atoms with E-state index in [0.29, 0.717) is 10.6 Å². The van der Waals surface area contributed by atoms with Crippen LogP contribution in [-0.4, -0.2) is 35.4 Å². The van der Waals surface area contributed by atoms with Crippen molar-refractivity contribution in [1.29, 1.82) is 0 Å². The number of ether oxygens (including phenoxy) is 1. The van der Waals surface area contributed by atoms with E-state index in [0.717, 1.165) is 0 Å². The summed E-state index contributed by atoms with van der Waals surface area (Å²) >= 11 is 5.76. The largest absolute Gasteiger partial charge is 0.451 e. The standard InChI is InChI=1S/C18H17ClFN3O4/c1-10-3-4-13(8-14(10)20)23-17(25)11(2)27-16(24)9-22-18(26)15-7-12(19)5-6-21-15/h3-8,11H,9H2,1-2H3,(H,22,26)(H,23,25)/t11-/m1/s1. The molecular weight excluding hydrogens is 377 g/mol. The predicted molar refractivity (Wildman–Crippen MR) is 96.9 cm³/mol. The van der Waals surface area contributed by atoms with Crippen LogP contribution in [0.2, 0.25) is 5.02 Å². The number of aromatic nitrogens is 1. The van der Waals surface area contributed by atoms with Crippen molar-refractivity contribution in [2.75, 3.05) is 11.9 Å². The summed E-state index contributed by atoms with van der Waals surface area (Å²) in [5.74, 6) is -2.52. The average molecular weight is 394 g/mol. The fraction of sp³-hybridized carbons (Fsp3) is 0.222. The van der Waals surface area contributed by atoms with Crippen LogP contribution >= 0.6 is 11.6 Å². The monoisotopic (exact) mass is 393 g/mol. The van der Waals surface area contributed by atoms with E-state index >= 15 is 0 Å². The minimum absolute atomic E-state index is 0.0440. The van der Waals surface area contributed by atoms with Gasteiger partial charge in [0.25, 0.3) is 11.8 Å². The number of anilines is 1. The summed E-state index contributed by atoms with van der Waals surface area (Å²) in [7, 11) is 0. The Morgan fingerprint density at radius 1 is 1.26 bits per heavy atom. The lowest BCUT2D eigenvalue weighted by Crippen LogP contribution is -2.36. The highest BCUT2D eigenvalue weighted by Gasteiger charge is 2.19. The van der Waals surface area contributed by atoms with Crippen molar-refractivity contribution in [3.8, 4) is 0 Å². The maximum atomic E-state index is 13.5. The summed E-state index contributed by atoms with van der Waals surface area (Å²) in [6.45, 7) is 2.50. The summed E-state index contributed by atoms with van der Waals surface area (Å²) in [6, 6.07) is 7.07. The minimum Gasteiger partial charge on any atom is -0.451 e. The molecule has 1 atom stereocenters. The lowest BCUT2D eigenvalue weighted by Gasteiger charge is -2.14. The highest BCUT2D eigenvalue weighted by molar-refractivity contribution is 6.30. The normalized spacial score (nSPS) is 11.4. The van der Waals surface area contributed by atoms with Gasteiger partial charge in [0.2, 0.25) is 0 Å². The molecule has 0 aliphatic heterocycles. The van der Waals surface area contributed by atoms with E-state index in [4.69, 9.17) is 16.3 Å². The molecule has 0 bridgehead atoms. The summed E-state index contributed by atoms with van der Waals surface area (Å²) < 4.78 is 18.4. The number of hydrogen-bond acceptors (Lipinski definition) is 5. The van der Waals surface area contributed by atoms with Gasteiger partial charge in [-0.2, -0.15) is 0 Å². The van der Waals surface area contributed by atoms with Crippen molar-refractivity contribution in [2.24, 2.45) is 0 Å². The molecule has 2 amide bonds. The zero-order valence-corrected chi connectivity index (χ0v) is 15.3. The second-order valence-electron chi connectivity index (χ2n) is 5.63. The minimum atomic E-state index is -1.14. The van der Waals surface area contributed by atoms with E-state index in [1.807, 2.05) is 0 Å². The number of halogens is 2. The van der Waals surface area contributed by atoms with Gasteiger partial charge in [0.1, 0.15) is 18.1 Å². The van der Waals surface area contributed by atoms with E-state index < -0.39 is 36.2 Å². The van der Waals surface area contributed by atoms with Gasteiger partial charge in [0.15, 0.2) is 6.10 Å². The fourth-order valence-electron chi connectivity index (χ4n) is 1.98. The molecule has 0 unspecified atom stereocenters. The SMILES string of the molecule is Cc1ccc(NC(=O)[C@@H](C)OC(=O)CNC(=O)c2cc(Cl)ccn2)cc1F. The Hall–Kier alpha value is -3.00. The first kappa shape index (κ1) is 20.3. The lowest BCUT2D eigenvalue weighted by molar-refractivity contribution is -0.152. The van der Waals surface area contributed by atoms with Crippen LogP contribution in [0.25, 0.3) is 0 Å². The first-order valence-corrected chi connectivity index (χ1v) is 8.30. The van der Waals surface area contributed by atoms with Crippen LogP contribution in [0.3, 0.4) is 0 Å². The quantitative estimate of drug-likeness (QED) is 0.735. The number of hydrogen-bond donors (Lipinski definition) is 2. The summed E-state index contributed by atoms with van der Waals surface area (Å²) in [5, 5.41) is 5.09. The Balaban J connectivity index is 1.82. The van der Waals surface area contributed by atoms with Gasteiger partial charge in [-0.25, -0.2) is 4.39 Å². The van der Waals surface area contributed by atoms with E-state index in [9.17, 15) is 18.8 Å². The second-order valence-corrected chi connectivity index (χ2v) is 6.06. The molecule has 1 aromatic carbocycles. The Morgan fingerprint density at radius 2 is 2.00 bits per heavy atom. The van der Waals surface area contributed by atoms with Crippen LogP contribution < -0.4 is 10.6 Å². The first-order chi connectivity index (χ1) is 12.8. The van der Waals surface area contributed by atoms with Crippen molar-refractivity contribution in [3.63, 3.8) is 0 Å². The number of aryl methyl sites for hydroxylation is 1. The van der Waals surface area contributed by atoms with Gasteiger partial charge in [0.05, 0.1) is 0 Å². The molecule has 0 spiro atoms. The van der Waals surface area contributed by atoms with E-state index in [2.05, 4.69) is 15.6 Å². The Bertz CT molecular complexity index is 875. The average Bonchev–Trinajstić information content (AvgIpc) is 2.62. The predicted octanol–water partition coefficient (Wildman–Crippen LogP) is 2.48. The van der Waals surface area contributed by atoms with Gasteiger partial charge < -0.3 is 15.4 Å². The van der Waals surface area contributed by atoms with Gasteiger partial charge in [-0.3, -0.25) is 19.4 Å². The highest BCUT2D eigenvalue weighted by Crippen LogP contribution is 2.14.